The van der Waals surface area contributed by atoms with Crippen molar-refractivity contribution in [2.45, 2.75) is 13.8 Å². The van der Waals surface area contributed by atoms with Gasteiger partial charge in [-0.25, -0.2) is 0 Å². The smallest absolute Gasteiger partial charge is 0.311 e. The minimum atomic E-state index is -1.73. The topological polar surface area (TPSA) is 27.7 Å². The van der Waals surface area contributed by atoms with Crippen molar-refractivity contribution in [1.82, 2.24) is 0 Å². The molecule has 0 atom stereocenters. The van der Waals surface area contributed by atoms with Crippen molar-refractivity contribution in [3.8, 4) is 0 Å². The lowest BCUT2D eigenvalue weighted by molar-refractivity contribution is -0.0338. The molecule has 5 heteroatoms. The zero-order valence-electron chi connectivity index (χ0n) is 5.46. The van der Waals surface area contributed by atoms with Crippen LogP contribution in [0.2, 0.25) is 0 Å². The first kappa shape index (κ1) is 9.24. The van der Waals surface area contributed by atoms with E-state index in [2.05, 4.69) is 13.8 Å². The van der Waals surface area contributed by atoms with E-state index in [0.29, 0.717) is 13.2 Å². The normalized spacial score (nSPS) is 10.7. The van der Waals surface area contributed by atoms with Crippen molar-refractivity contribution in [1.29, 1.82) is 0 Å². The first-order valence-corrected chi connectivity index (χ1v) is 3.79. The second-order valence-corrected chi connectivity index (χ2v) is 2.23. The van der Waals surface area contributed by atoms with Gasteiger partial charge in [0.1, 0.15) is 0 Å². The molecule has 0 aliphatic rings. The first-order chi connectivity index (χ1) is 4.35. The molecule has 0 rings (SSSR count). The Hall–Kier alpha value is 0.240. The van der Waals surface area contributed by atoms with Crippen LogP contribution in [0.1, 0.15) is 13.8 Å². The number of halogens is 1. The van der Waals surface area contributed by atoms with E-state index in [1.165, 1.54) is 0 Å². The Kier molecular flexibility index (Phi) is 6.53. The standard InChI is InChI=1S/C4H10FO3P/c1-3-6-9(8-5)7-4-2/h3-4H2,1-2H3. The lowest BCUT2D eigenvalue weighted by Crippen LogP contribution is -1.89. The maximum absolute atomic E-state index is 11.3. The van der Waals surface area contributed by atoms with Gasteiger partial charge in [-0.05, 0) is 18.4 Å². The highest BCUT2D eigenvalue weighted by molar-refractivity contribution is 7.41. The van der Waals surface area contributed by atoms with Crippen molar-refractivity contribution < 1.29 is 18.3 Å². The van der Waals surface area contributed by atoms with Gasteiger partial charge in [0.2, 0.25) is 0 Å². The van der Waals surface area contributed by atoms with Gasteiger partial charge in [-0.2, -0.15) is 0 Å². The molecule has 0 saturated carbocycles. The summed E-state index contributed by atoms with van der Waals surface area (Å²) >= 11 is 0. The Labute approximate surface area is 55.0 Å². The van der Waals surface area contributed by atoms with Crippen molar-refractivity contribution in [3.63, 3.8) is 0 Å². The fourth-order valence-electron chi connectivity index (χ4n) is 0.288. The van der Waals surface area contributed by atoms with E-state index >= 15 is 0 Å². The molecule has 3 nitrogen and oxygen atoms in total. The van der Waals surface area contributed by atoms with Crippen molar-refractivity contribution in [2.75, 3.05) is 13.2 Å². The highest BCUT2D eigenvalue weighted by atomic mass is 31.2. The first-order valence-electron chi connectivity index (χ1n) is 2.69. The van der Waals surface area contributed by atoms with Crippen LogP contribution in [-0.4, -0.2) is 13.2 Å². The molecule has 0 aliphatic carbocycles. The monoisotopic (exact) mass is 156 g/mol. The van der Waals surface area contributed by atoms with Gasteiger partial charge in [-0.15, -0.1) is 4.73 Å². The second-order valence-electron chi connectivity index (χ2n) is 1.13. The molecule has 0 bridgehead atoms. The van der Waals surface area contributed by atoms with E-state index in [-0.39, 0.29) is 0 Å². The fraction of sp³-hybridized carbons (Fsp3) is 1.00. The third-order valence-corrected chi connectivity index (χ3v) is 1.58. The Morgan fingerprint density at radius 3 is 1.89 bits per heavy atom. The van der Waals surface area contributed by atoms with Crippen LogP contribution >= 0.6 is 8.60 Å². The van der Waals surface area contributed by atoms with Gasteiger partial charge in [-0.3, -0.25) is 0 Å². The van der Waals surface area contributed by atoms with Crippen LogP contribution in [0, 0.1) is 0 Å². The Balaban J connectivity index is 3.18. The summed E-state index contributed by atoms with van der Waals surface area (Å²) in [5, 5.41) is 0. The van der Waals surface area contributed by atoms with Crippen molar-refractivity contribution in [2.24, 2.45) is 0 Å². The lowest BCUT2D eigenvalue weighted by atomic mass is 10.9. The molecule has 0 amide bonds. The highest BCUT2D eigenvalue weighted by Gasteiger charge is 2.09. The molecule has 0 spiro atoms. The van der Waals surface area contributed by atoms with E-state index in [4.69, 9.17) is 0 Å². The van der Waals surface area contributed by atoms with Crippen LogP contribution in [0.25, 0.3) is 0 Å². The summed E-state index contributed by atoms with van der Waals surface area (Å²) in [7, 11) is -1.73. The number of hydrogen-bond acceptors (Lipinski definition) is 3. The van der Waals surface area contributed by atoms with E-state index in [9.17, 15) is 4.53 Å². The molecule has 0 aliphatic heterocycles. The molecule has 0 radical (unpaired) electrons. The average Bonchev–Trinajstić information content (AvgIpc) is 1.88. The Bertz CT molecular complexity index is 57.8. The number of rotatable bonds is 5. The quantitative estimate of drug-likeness (QED) is 0.571. The van der Waals surface area contributed by atoms with Gasteiger partial charge >= 0.3 is 8.60 Å². The van der Waals surface area contributed by atoms with Crippen LogP contribution in [0.4, 0.5) is 4.53 Å². The van der Waals surface area contributed by atoms with Crippen molar-refractivity contribution in [3.05, 3.63) is 0 Å². The Morgan fingerprint density at radius 2 is 1.67 bits per heavy atom. The van der Waals surface area contributed by atoms with Gasteiger partial charge < -0.3 is 9.05 Å². The molecular formula is C4H10FO3P. The van der Waals surface area contributed by atoms with Crippen LogP contribution in [0.3, 0.4) is 0 Å². The van der Waals surface area contributed by atoms with E-state index < -0.39 is 8.60 Å². The molecule has 56 valence electrons. The summed E-state index contributed by atoms with van der Waals surface area (Å²) in [6.45, 7) is 4.28. The molecule has 0 aromatic heterocycles. The maximum atomic E-state index is 11.3. The molecule has 0 fully saturated rings. The molecule has 0 aromatic carbocycles. The number of hydrogen-bond donors (Lipinski definition) is 0. The summed E-state index contributed by atoms with van der Waals surface area (Å²) in [4.78, 5) is 0. The zero-order chi connectivity index (χ0) is 7.11. The minimum absolute atomic E-state index is 0.398. The average molecular weight is 156 g/mol. The summed E-state index contributed by atoms with van der Waals surface area (Å²) < 4.78 is 24.0. The van der Waals surface area contributed by atoms with Crippen LogP contribution in [0.15, 0.2) is 0 Å². The molecule has 0 saturated heterocycles. The van der Waals surface area contributed by atoms with Crippen LogP contribution in [0.5, 0.6) is 0 Å². The fourth-order valence-corrected chi connectivity index (χ4v) is 0.864. The molecular weight excluding hydrogens is 146 g/mol. The summed E-state index contributed by atoms with van der Waals surface area (Å²) in [6.07, 6.45) is 0. The molecule has 0 unspecified atom stereocenters. The van der Waals surface area contributed by atoms with E-state index in [0.717, 1.165) is 0 Å². The zero-order valence-corrected chi connectivity index (χ0v) is 6.36. The summed E-state index contributed by atoms with van der Waals surface area (Å²) in [5.74, 6) is 0. The Morgan fingerprint density at radius 1 is 1.22 bits per heavy atom. The second kappa shape index (κ2) is 6.36. The van der Waals surface area contributed by atoms with Crippen LogP contribution < -0.4 is 0 Å². The predicted octanol–water partition coefficient (Wildman–Crippen LogP) is 2.19. The molecule has 0 aromatic rings. The van der Waals surface area contributed by atoms with Gasteiger partial charge in [0.05, 0.1) is 13.2 Å². The predicted molar refractivity (Wildman–Crippen MR) is 32.4 cm³/mol. The largest absolute Gasteiger partial charge is 0.368 e. The third-order valence-electron chi connectivity index (χ3n) is 0.525. The molecule has 9 heavy (non-hydrogen) atoms. The highest BCUT2D eigenvalue weighted by Crippen LogP contribution is 2.39. The summed E-state index contributed by atoms with van der Waals surface area (Å²) in [5.41, 5.74) is 0. The van der Waals surface area contributed by atoms with E-state index in [1.54, 1.807) is 13.8 Å². The maximum Gasteiger partial charge on any atom is 0.368 e. The lowest BCUT2D eigenvalue weighted by Gasteiger charge is -2.07. The van der Waals surface area contributed by atoms with Gasteiger partial charge in [0.25, 0.3) is 0 Å². The summed E-state index contributed by atoms with van der Waals surface area (Å²) in [6, 6.07) is 0. The molecule has 0 N–H and O–H groups in total. The van der Waals surface area contributed by atoms with Gasteiger partial charge in [-0.1, -0.05) is 0 Å². The van der Waals surface area contributed by atoms with E-state index in [1.807, 2.05) is 0 Å². The molecule has 0 heterocycles. The van der Waals surface area contributed by atoms with Crippen LogP contribution in [-0.2, 0) is 13.8 Å². The third kappa shape index (κ3) is 4.73. The SMILES string of the molecule is CCOP(OF)OCC. The van der Waals surface area contributed by atoms with Gasteiger partial charge in [0, 0.05) is 0 Å². The van der Waals surface area contributed by atoms with Crippen molar-refractivity contribution >= 4 is 8.60 Å². The van der Waals surface area contributed by atoms with Gasteiger partial charge in [0.15, 0.2) is 0 Å². The minimum Gasteiger partial charge on any atom is -0.311 e.